The lowest BCUT2D eigenvalue weighted by Crippen LogP contribution is -2.19. The summed E-state index contributed by atoms with van der Waals surface area (Å²) in [5.41, 5.74) is 1.25. The number of aliphatic imine (C=N–C) groups is 1. The zero-order valence-corrected chi connectivity index (χ0v) is 18.1. The second kappa shape index (κ2) is 8.47. The number of nitro benzene ring substituents is 1. The van der Waals surface area contributed by atoms with Gasteiger partial charge in [-0.15, -0.1) is 0 Å². The van der Waals surface area contributed by atoms with Crippen LogP contribution in [0.4, 0.5) is 11.4 Å². The molecule has 0 spiro atoms. The average Bonchev–Trinajstić information content (AvgIpc) is 3.30. The SMILES string of the molecule is O=C1NC(=Nc2ccc([N+](=O)[O-])cc2Br)S/C1=C/c1ccc(-c2cccc(Cl)c2)o1. The number of amidine groups is 1. The average molecular weight is 505 g/mol. The zero-order chi connectivity index (χ0) is 21.3. The lowest BCUT2D eigenvalue weighted by molar-refractivity contribution is -0.384. The Bertz CT molecular complexity index is 1240. The maximum absolute atomic E-state index is 12.3. The zero-order valence-electron chi connectivity index (χ0n) is 15.0. The molecule has 3 aromatic rings. The summed E-state index contributed by atoms with van der Waals surface area (Å²) in [5.74, 6) is 0.842. The molecule has 1 amide bonds. The van der Waals surface area contributed by atoms with Crippen molar-refractivity contribution in [1.29, 1.82) is 0 Å². The number of furan rings is 1. The highest BCUT2D eigenvalue weighted by Gasteiger charge is 2.25. The molecule has 1 fully saturated rings. The fourth-order valence-corrected chi connectivity index (χ4v) is 4.11. The summed E-state index contributed by atoms with van der Waals surface area (Å²) in [6.07, 6.45) is 1.63. The fraction of sp³-hybridized carbons (Fsp3) is 0. The Morgan fingerprint density at radius 3 is 2.77 bits per heavy atom. The van der Waals surface area contributed by atoms with Crippen LogP contribution in [0.1, 0.15) is 5.76 Å². The number of hydrogen-bond donors (Lipinski definition) is 1. The number of nitro groups is 1. The van der Waals surface area contributed by atoms with Crippen LogP contribution in [0.15, 0.2) is 73.4 Å². The van der Waals surface area contributed by atoms with Crippen molar-refractivity contribution in [2.75, 3.05) is 0 Å². The highest BCUT2D eigenvalue weighted by Crippen LogP contribution is 2.34. The van der Waals surface area contributed by atoms with E-state index in [1.807, 2.05) is 12.1 Å². The molecule has 1 aromatic heterocycles. The van der Waals surface area contributed by atoms with Crippen LogP contribution in [0.2, 0.25) is 5.02 Å². The van der Waals surface area contributed by atoms with Crippen molar-refractivity contribution in [1.82, 2.24) is 5.32 Å². The fourth-order valence-electron chi connectivity index (χ4n) is 2.65. The number of amides is 1. The van der Waals surface area contributed by atoms with E-state index in [9.17, 15) is 14.9 Å². The smallest absolute Gasteiger partial charge is 0.270 e. The first kappa shape index (κ1) is 20.4. The van der Waals surface area contributed by atoms with Crippen LogP contribution in [0, 0.1) is 10.1 Å². The minimum atomic E-state index is -0.490. The van der Waals surface area contributed by atoms with Gasteiger partial charge in [0, 0.05) is 28.8 Å². The van der Waals surface area contributed by atoms with Gasteiger partial charge in [-0.25, -0.2) is 4.99 Å². The Balaban J connectivity index is 1.55. The number of halogens is 2. The van der Waals surface area contributed by atoms with Crippen molar-refractivity contribution in [2.45, 2.75) is 0 Å². The summed E-state index contributed by atoms with van der Waals surface area (Å²) in [7, 11) is 0. The highest BCUT2D eigenvalue weighted by molar-refractivity contribution is 9.10. The van der Waals surface area contributed by atoms with Gasteiger partial charge in [0.2, 0.25) is 0 Å². The number of carbonyl (C=O) groups excluding carboxylic acids is 1. The van der Waals surface area contributed by atoms with Crippen LogP contribution in [0.5, 0.6) is 0 Å². The number of nitrogens with one attached hydrogen (secondary N) is 1. The van der Waals surface area contributed by atoms with Crippen LogP contribution in [-0.2, 0) is 4.79 Å². The lowest BCUT2D eigenvalue weighted by atomic mass is 10.2. The van der Waals surface area contributed by atoms with Crippen molar-refractivity contribution in [2.24, 2.45) is 4.99 Å². The van der Waals surface area contributed by atoms with E-state index in [4.69, 9.17) is 16.0 Å². The number of benzene rings is 2. The second-order valence-corrected chi connectivity index (χ2v) is 8.41. The minimum Gasteiger partial charge on any atom is -0.457 e. The molecule has 1 N–H and O–H groups in total. The Hall–Kier alpha value is -2.88. The van der Waals surface area contributed by atoms with E-state index in [0.29, 0.717) is 36.8 Å². The van der Waals surface area contributed by atoms with Crippen LogP contribution in [0.3, 0.4) is 0 Å². The molecule has 1 aliphatic heterocycles. The molecule has 1 saturated heterocycles. The van der Waals surface area contributed by atoms with Crippen LogP contribution < -0.4 is 5.32 Å². The van der Waals surface area contributed by atoms with E-state index < -0.39 is 4.92 Å². The molecule has 30 heavy (non-hydrogen) atoms. The third-order valence-corrected chi connectivity index (χ3v) is 5.80. The van der Waals surface area contributed by atoms with E-state index in [2.05, 4.69) is 26.2 Å². The summed E-state index contributed by atoms with van der Waals surface area (Å²) >= 11 is 10.4. The van der Waals surface area contributed by atoms with Crippen molar-refractivity contribution >= 4 is 67.8 Å². The molecule has 0 bridgehead atoms. The first-order valence-corrected chi connectivity index (χ1v) is 10.5. The highest BCUT2D eigenvalue weighted by atomic mass is 79.9. The molecule has 150 valence electrons. The maximum atomic E-state index is 12.3. The van der Waals surface area contributed by atoms with Crippen LogP contribution in [0.25, 0.3) is 17.4 Å². The number of thioether (sulfide) groups is 1. The molecule has 7 nitrogen and oxygen atoms in total. The van der Waals surface area contributed by atoms with Gasteiger partial charge in [0.05, 0.1) is 20.0 Å². The Morgan fingerprint density at radius 1 is 1.20 bits per heavy atom. The number of nitrogens with zero attached hydrogens (tertiary/aromatic N) is 2. The molecule has 4 rings (SSSR count). The molecule has 2 heterocycles. The summed E-state index contributed by atoms with van der Waals surface area (Å²) in [6.45, 7) is 0. The molecule has 0 atom stereocenters. The topological polar surface area (TPSA) is 97.7 Å². The summed E-state index contributed by atoms with van der Waals surface area (Å²) in [5, 5.41) is 14.5. The van der Waals surface area contributed by atoms with E-state index in [0.717, 1.165) is 17.3 Å². The van der Waals surface area contributed by atoms with Gasteiger partial charge in [-0.2, -0.15) is 0 Å². The number of hydrogen-bond acceptors (Lipinski definition) is 6. The first-order chi connectivity index (χ1) is 14.4. The van der Waals surface area contributed by atoms with Crippen LogP contribution in [-0.4, -0.2) is 16.0 Å². The van der Waals surface area contributed by atoms with Gasteiger partial charge < -0.3 is 9.73 Å². The minimum absolute atomic E-state index is 0.0529. The molecule has 1 aliphatic rings. The summed E-state index contributed by atoms with van der Waals surface area (Å²) < 4.78 is 6.26. The number of carbonyl (C=O) groups is 1. The summed E-state index contributed by atoms with van der Waals surface area (Å²) in [6, 6.07) is 15.1. The largest absolute Gasteiger partial charge is 0.457 e. The maximum Gasteiger partial charge on any atom is 0.270 e. The van der Waals surface area contributed by atoms with E-state index in [-0.39, 0.29) is 11.6 Å². The first-order valence-electron chi connectivity index (χ1n) is 8.48. The van der Waals surface area contributed by atoms with Gasteiger partial charge in [-0.05, 0) is 58.0 Å². The quantitative estimate of drug-likeness (QED) is 0.261. The van der Waals surface area contributed by atoms with Crippen molar-refractivity contribution in [3.63, 3.8) is 0 Å². The molecule has 2 aromatic carbocycles. The van der Waals surface area contributed by atoms with E-state index >= 15 is 0 Å². The van der Waals surface area contributed by atoms with E-state index in [1.165, 1.54) is 18.2 Å². The Kier molecular flexibility index (Phi) is 5.76. The predicted molar refractivity (Wildman–Crippen MR) is 121 cm³/mol. The summed E-state index contributed by atoms with van der Waals surface area (Å²) in [4.78, 5) is 27.4. The van der Waals surface area contributed by atoms with Crippen molar-refractivity contribution < 1.29 is 14.1 Å². The standard InChI is InChI=1S/C20H11BrClN3O4S/c21-15-9-13(25(27)28)4-6-16(15)23-20-24-19(26)18(30-20)10-14-5-7-17(29-14)11-2-1-3-12(22)8-11/h1-10H,(H,23,24,26)/b18-10+. The number of rotatable bonds is 4. The lowest BCUT2D eigenvalue weighted by Gasteiger charge is -2.00. The molecule has 0 saturated carbocycles. The molecule has 0 aliphatic carbocycles. The van der Waals surface area contributed by atoms with Gasteiger partial charge in [-0.3, -0.25) is 14.9 Å². The molecule has 10 heteroatoms. The third-order valence-electron chi connectivity index (χ3n) is 4.02. The van der Waals surface area contributed by atoms with Crippen molar-refractivity contribution in [3.8, 4) is 11.3 Å². The monoisotopic (exact) mass is 503 g/mol. The van der Waals surface area contributed by atoms with Gasteiger partial charge in [0.1, 0.15) is 11.5 Å². The van der Waals surface area contributed by atoms with Crippen molar-refractivity contribution in [3.05, 3.63) is 84.9 Å². The van der Waals surface area contributed by atoms with Crippen LogP contribution >= 0.6 is 39.3 Å². The predicted octanol–water partition coefficient (Wildman–Crippen LogP) is 6.16. The normalized spacial score (nSPS) is 16.3. The molecular formula is C20H11BrClN3O4S. The Labute approximate surface area is 188 Å². The second-order valence-electron chi connectivity index (χ2n) is 6.09. The molecule has 0 radical (unpaired) electrons. The van der Waals surface area contributed by atoms with Gasteiger partial charge >= 0.3 is 0 Å². The third kappa shape index (κ3) is 4.48. The van der Waals surface area contributed by atoms with E-state index in [1.54, 1.807) is 30.3 Å². The Morgan fingerprint density at radius 2 is 2.03 bits per heavy atom. The van der Waals surface area contributed by atoms with Gasteiger partial charge in [0.15, 0.2) is 5.17 Å². The van der Waals surface area contributed by atoms with Gasteiger partial charge in [0.25, 0.3) is 11.6 Å². The van der Waals surface area contributed by atoms with Gasteiger partial charge in [-0.1, -0.05) is 23.7 Å². The molecular weight excluding hydrogens is 494 g/mol. The number of non-ortho nitro benzene ring substituents is 1. The molecule has 0 unspecified atom stereocenters.